The predicted octanol–water partition coefficient (Wildman–Crippen LogP) is -0.297. The highest BCUT2D eigenvalue weighted by Crippen LogP contribution is 2.25. The van der Waals surface area contributed by atoms with E-state index in [4.69, 9.17) is 10.8 Å². The molecule has 0 spiro atoms. The summed E-state index contributed by atoms with van der Waals surface area (Å²) >= 11 is 0. The highest BCUT2D eigenvalue weighted by molar-refractivity contribution is 5.81. The third-order valence-corrected chi connectivity index (χ3v) is 2.54. The van der Waals surface area contributed by atoms with E-state index in [9.17, 15) is 9.59 Å². The molecule has 1 saturated carbocycles. The van der Waals surface area contributed by atoms with Crippen LogP contribution in [-0.2, 0) is 9.59 Å². The van der Waals surface area contributed by atoms with Gasteiger partial charge < -0.3 is 16.2 Å². The van der Waals surface area contributed by atoms with Crippen LogP contribution < -0.4 is 11.1 Å². The lowest BCUT2D eigenvalue weighted by molar-refractivity contribution is -0.141. The molecule has 1 rings (SSSR count). The molecule has 0 aromatic heterocycles. The van der Waals surface area contributed by atoms with Crippen LogP contribution in [0.4, 0.5) is 0 Å². The maximum Gasteiger partial charge on any atom is 0.306 e. The molecule has 0 saturated heterocycles. The van der Waals surface area contributed by atoms with E-state index in [-0.39, 0.29) is 17.9 Å². The molecular formula is C9H16N2O3. The quantitative estimate of drug-likeness (QED) is 0.583. The maximum absolute atomic E-state index is 11.2. The van der Waals surface area contributed by atoms with Gasteiger partial charge in [0.15, 0.2) is 0 Å². The van der Waals surface area contributed by atoms with Gasteiger partial charge in [-0.25, -0.2) is 0 Å². The molecule has 0 aromatic rings. The highest BCUT2D eigenvalue weighted by Gasteiger charge is 2.30. The van der Waals surface area contributed by atoms with Crippen molar-refractivity contribution in [3.05, 3.63) is 0 Å². The van der Waals surface area contributed by atoms with Crippen molar-refractivity contribution in [2.75, 3.05) is 0 Å². The zero-order valence-electron chi connectivity index (χ0n) is 8.19. The van der Waals surface area contributed by atoms with Crippen LogP contribution in [-0.4, -0.2) is 29.1 Å². The Labute approximate surface area is 82.7 Å². The number of carboxylic acids is 1. The number of nitrogens with one attached hydrogen (secondary N) is 1. The van der Waals surface area contributed by atoms with Gasteiger partial charge in [0.2, 0.25) is 5.91 Å². The summed E-state index contributed by atoms with van der Waals surface area (Å²) < 4.78 is 0. The lowest BCUT2D eigenvalue weighted by Gasteiger charge is -2.13. The van der Waals surface area contributed by atoms with Crippen molar-refractivity contribution >= 4 is 11.9 Å². The van der Waals surface area contributed by atoms with Gasteiger partial charge in [-0.2, -0.15) is 0 Å². The Hall–Kier alpha value is -1.10. The molecule has 0 bridgehead atoms. The number of carboxylic acid groups (broad SMARTS) is 1. The molecule has 2 unspecified atom stereocenters. The van der Waals surface area contributed by atoms with Crippen molar-refractivity contribution in [2.24, 2.45) is 11.7 Å². The number of hydrogen-bond donors (Lipinski definition) is 3. The van der Waals surface area contributed by atoms with Gasteiger partial charge in [0.25, 0.3) is 0 Å². The number of carbonyl (C=O) groups excluding carboxylic acids is 1. The molecule has 1 aliphatic rings. The van der Waals surface area contributed by atoms with Gasteiger partial charge in [0.05, 0.1) is 12.0 Å². The van der Waals surface area contributed by atoms with Crippen LogP contribution in [0.15, 0.2) is 0 Å². The molecule has 0 heterocycles. The molecule has 0 aromatic carbocycles. The minimum Gasteiger partial charge on any atom is -0.481 e. The van der Waals surface area contributed by atoms with Crippen LogP contribution in [0.25, 0.3) is 0 Å². The van der Waals surface area contributed by atoms with Crippen molar-refractivity contribution in [2.45, 2.75) is 38.3 Å². The molecule has 0 radical (unpaired) electrons. The summed E-state index contributed by atoms with van der Waals surface area (Å²) in [5, 5.41) is 11.5. The van der Waals surface area contributed by atoms with Gasteiger partial charge in [-0.05, 0) is 26.2 Å². The third kappa shape index (κ3) is 2.70. The summed E-state index contributed by atoms with van der Waals surface area (Å²) in [6.45, 7) is 1.61. The fourth-order valence-electron chi connectivity index (χ4n) is 1.67. The monoisotopic (exact) mass is 200 g/mol. The fraction of sp³-hybridized carbons (Fsp3) is 0.778. The molecular weight excluding hydrogens is 184 g/mol. The largest absolute Gasteiger partial charge is 0.481 e. The minimum atomic E-state index is -0.775. The molecule has 3 atom stereocenters. The number of carbonyl (C=O) groups is 2. The van der Waals surface area contributed by atoms with Gasteiger partial charge in [-0.1, -0.05) is 0 Å². The standard InChI is InChI=1S/C9H16N2O3/c1-5(10)8(12)11-7-3-2-6(4-7)9(13)14/h5-7H,2-4,10H2,1H3,(H,11,12)(H,13,14)/t5-,6?,7?/m0/s1. The van der Waals surface area contributed by atoms with Gasteiger partial charge >= 0.3 is 5.97 Å². The fourth-order valence-corrected chi connectivity index (χ4v) is 1.67. The second kappa shape index (κ2) is 4.41. The smallest absolute Gasteiger partial charge is 0.306 e. The van der Waals surface area contributed by atoms with Crippen LogP contribution in [0.1, 0.15) is 26.2 Å². The SMILES string of the molecule is C[C@H](N)C(=O)NC1CCC(C(=O)O)C1. The van der Waals surface area contributed by atoms with E-state index < -0.39 is 12.0 Å². The molecule has 14 heavy (non-hydrogen) atoms. The normalized spacial score (nSPS) is 28.4. The first-order valence-electron chi connectivity index (χ1n) is 4.79. The van der Waals surface area contributed by atoms with Crippen molar-refractivity contribution in [3.63, 3.8) is 0 Å². The molecule has 1 amide bonds. The van der Waals surface area contributed by atoms with Crippen molar-refractivity contribution in [1.82, 2.24) is 5.32 Å². The molecule has 5 heteroatoms. The molecule has 80 valence electrons. The van der Waals surface area contributed by atoms with E-state index in [1.165, 1.54) is 0 Å². The summed E-state index contributed by atoms with van der Waals surface area (Å²) in [7, 11) is 0. The molecule has 1 fully saturated rings. The van der Waals surface area contributed by atoms with Crippen LogP contribution in [0.2, 0.25) is 0 Å². The minimum absolute atomic E-state index is 0.0189. The van der Waals surface area contributed by atoms with Gasteiger partial charge in [0, 0.05) is 6.04 Å². The Morgan fingerprint density at radius 2 is 2.14 bits per heavy atom. The Kier molecular flexibility index (Phi) is 3.46. The van der Waals surface area contributed by atoms with Crippen LogP contribution >= 0.6 is 0 Å². The topological polar surface area (TPSA) is 92.4 Å². The lowest BCUT2D eigenvalue weighted by atomic mass is 10.1. The average molecular weight is 200 g/mol. The number of amides is 1. The highest BCUT2D eigenvalue weighted by atomic mass is 16.4. The number of aliphatic carboxylic acids is 1. The first kappa shape index (κ1) is 11.0. The van der Waals surface area contributed by atoms with Gasteiger partial charge in [-0.3, -0.25) is 9.59 Å². The number of nitrogens with two attached hydrogens (primary N) is 1. The summed E-state index contributed by atoms with van der Waals surface area (Å²) in [6.07, 6.45) is 1.89. The van der Waals surface area contributed by atoms with Gasteiger partial charge in [-0.15, -0.1) is 0 Å². The zero-order chi connectivity index (χ0) is 10.7. The zero-order valence-corrected chi connectivity index (χ0v) is 8.19. The predicted molar refractivity (Wildman–Crippen MR) is 50.6 cm³/mol. The van der Waals surface area contributed by atoms with E-state index in [0.717, 1.165) is 6.42 Å². The van der Waals surface area contributed by atoms with E-state index in [0.29, 0.717) is 12.8 Å². The van der Waals surface area contributed by atoms with E-state index in [1.807, 2.05) is 0 Å². The maximum atomic E-state index is 11.2. The Balaban J connectivity index is 2.36. The Morgan fingerprint density at radius 3 is 2.57 bits per heavy atom. The van der Waals surface area contributed by atoms with Crippen LogP contribution in [0, 0.1) is 5.92 Å². The molecule has 0 aliphatic heterocycles. The molecule has 4 N–H and O–H groups in total. The molecule has 1 aliphatic carbocycles. The summed E-state index contributed by atoms with van der Waals surface area (Å²) in [6, 6.07) is -0.548. The van der Waals surface area contributed by atoms with E-state index in [1.54, 1.807) is 6.92 Å². The molecule has 5 nitrogen and oxygen atoms in total. The second-order valence-corrected chi connectivity index (χ2v) is 3.84. The average Bonchev–Trinajstić information content (AvgIpc) is 2.52. The first-order chi connectivity index (χ1) is 6.50. The van der Waals surface area contributed by atoms with E-state index >= 15 is 0 Å². The third-order valence-electron chi connectivity index (χ3n) is 2.54. The van der Waals surface area contributed by atoms with Crippen molar-refractivity contribution in [3.8, 4) is 0 Å². The Morgan fingerprint density at radius 1 is 1.50 bits per heavy atom. The van der Waals surface area contributed by atoms with Gasteiger partial charge in [0.1, 0.15) is 0 Å². The first-order valence-corrected chi connectivity index (χ1v) is 4.79. The second-order valence-electron chi connectivity index (χ2n) is 3.84. The summed E-state index contributed by atoms with van der Waals surface area (Å²) in [5.41, 5.74) is 5.38. The lowest BCUT2D eigenvalue weighted by Crippen LogP contribution is -2.43. The van der Waals surface area contributed by atoms with Crippen LogP contribution in [0.3, 0.4) is 0 Å². The van der Waals surface area contributed by atoms with E-state index in [2.05, 4.69) is 5.32 Å². The Bertz CT molecular complexity index is 240. The van der Waals surface area contributed by atoms with Crippen molar-refractivity contribution in [1.29, 1.82) is 0 Å². The van der Waals surface area contributed by atoms with Crippen LogP contribution in [0.5, 0.6) is 0 Å². The summed E-state index contributed by atoms with van der Waals surface area (Å²) in [5.74, 6) is -1.29. The summed E-state index contributed by atoms with van der Waals surface area (Å²) in [4.78, 5) is 21.8. The number of hydrogen-bond acceptors (Lipinski definition) is 3. The number of rotatable bonds is 3. The van der Waals surface area contributed by atoms with Crippen molar-refractivity contribution < 1.29 is 14.7 Å².